The van der Waals surface area contributed by atoms with Gasteiger partial charge in [-0.3, -0.25) is 0 Å². The Hall–Kier alpha value is -1.46. The maximum atomic E-state index is 14.0. The fourth-order valence-corrected chi connectivity index (χ4v) is 1.89. The Morgan fingerprint density at radius 2 is 1.95 bits per heavy atom. The summed E-state index contributed by atoms with van der Waals surface area (Å²) >= 11 is 5.85. The summed E-state index contributed by atoms with van der Waals surface area (Å²) in [6.07, 6.45) is 1.39. The number of nitrogens with one attached hydrogen (secondary N) is 1. The molecule has 6 heteroatoms. The van der Waals surface area contributed by atoms with E-state index in [0.717, 1.165) is 11.2 Å². The highest BCUT2D eigenvalue weighted by Gasteiger charge is 2.15. The molecule has 2 aromatic rings. The molecule has 0 aliphatic heterocycles. The highest BCUT2D eigenvalue weighted by molar-refractivity contribution is 6.31. The zero-order valence-corrected chi connectivity index (χ0v) is 11.4. The minimum absolute atomic E-state index is 0.213. The van der Waals surface area contributed by atoms with Crippen LogP contribution in [0.2, 0.25) is 5.02 Å². The first-order chi connectivity index (χ1) is 9.02. The summed E-state index contributed by atoms with van der Waals surface area (Å²) in [5.41, 5.74) is 0.864. The summed E-state index contributed by atoms with van der Waals surface area (Å²) in [5.74, 6) is -1.32. The molecule has 1 aromatic heterocycles. The minimum atomic E-state index is -0.660. The van der Waals surface area contributed by atoms with Crippen LogP contribution >= 0.6 is 11.6 Å². The molecule has 2 rings (SSSR count). The molecule has 0 bridgehead atoms. The number of nitrogens with zero attached hydrogens (tertiary/aromatic N) is 2. The number of benzene rings is 1. The lowest BCUT2D eigenvalue weighted by Gasteiger charge is -2.08. The first-order valence-electron chi connectivity index (χ1n) is 5.93. The van der Waals surface area contributed by atoms with Gasteiger partial charge in [0.2, 0.25) is 0 Å². The first kappa shape index (κ1) is 14.0. The van der Waals surface area contributed by atoms with Crippen LogP contribution in [-0.2, 0) is 6.54 Å². The Morgan fingerprint density at radius 3 is 2.42 bits per heavy atom. The van der Waals surface area contributed by atoms with E-state index in [9.17, 15) is 8.78 Å². The van der Waals surface area contributed by atoms with E-state index in [4.69, 9.17) is 11.6 Å². The second kappa shape index (κ2) is 5.67. The molecule has 0 saturated carbocycles. The van der Waals surface area contributed by atoms with Gasteiger partial charge in [-0.05, 0) is 31.2 Å². The van der Waals surface area contributed by atoms with E-state index >= 15 is 0 Å². The number of hydrogen-bond acceptors (Lipinski definition) is 2. The summed E-state index contributed by atoms with van der Waals surface area (Å²) in [4.78, 5) is 0. The second-order valence-corrected chi connectivity index (χ2v) is 4.60. The molecule has 0 aliphatic rings. The average Bonchev–Trinajstić information content (AvgIpc) is 2.66. The molecule has 0 amide bonds. The normalized spacial score (nSPS) is 11.0. The highest BCUT2D eigenvalue weighted by Crippen LogP contribution is 2.22. The minimum Gasteiger partial charge on any atom is -0.313 e. The van der Waals surface area contributed by atoms with Crippen LogP contribution in [0, 0.1) is 18.6 Å². The summed E-state index contributed by atoms with van der Waals surface area (Å²) in [6.45, 7) is 4.76. The van der Waals surface area contributed by atoms with Gasteiger partial charge in [-0.1, -0.05) is 18.5 Å². The van der Waals surface area contributed by atoms with Crippen molar-refractivity contribution in [2.45, 2.75) is 20.4 Å². The Labute approximate surface area is 115 Å². The molecule has 1 aromatic carbocycles. The van der Waals surface area contributed by atoms with Crippen LogP contribution in [0.5, 0.6) is 0 Å². The van der Waals surface area contributed by atoms with Crippen molar-refractivity contribution in [3.8, 4) is 5.69 Å². The molecule has 0 fully saturated rings. The predicted octanol–water partition coefficient (Wildman–Crippen LogP) is 3.22. The SMILES string of the molecule is CCNCc1cc(F)c(-n2cc(Cl)c(C)n2)c(F)c1. The lowest BCUT2D eigenvalue weighted by atomic mass is 10.2. The molecule has 0 atom stereocenters. The molecule has 0 aliphatic carbocycles. The smallest absolute Gasteiger partial charge is 0.152 e. The van der Waals surface area contributed by atoms with Gasteiger partial charge >= 0.3 is 0 Å². The van der Waals surface area contributed by atoms with Gasteiger partial charge in [-0.15, -0.1) is 0 Å². The van der Waals surface area contributed by atoms with Crippen molar-refractivity contribution >= 4 is 11.6 Å². The Balaban J connectivity index is 2.41. The fourth-order valence-electron chi connectivity index (χ4n) is 1.76. The van der Waals surface area contributed by atoms with Gasteiger partial charge in [-0.25, -0.2) is 13.5 Å². The average molecular weight is 286 g/mol. The third kappa shape index (κ3) is 2.93. The number of hydrogen-bond donors (Lipinski definition) is 1. The van der Waals surface area contributed by atoms with Gasteiger partial charge in [0.25, 0.3) is 0 Å². The van der Waals surface area contributed by atoms with Crippen LogP contribution in [-0.4, -0.2) is 16.3 Å². The van der Waals surface area contributed by atoms with Crippen LogP contribution in [0.1, 0.15) is 18.2 Å². The number of rotatable bonds is 4. The molecule has 1 N–H and O–H groups in total. The van der Waals surface area contributed by atoms with E-state index in [1.807, 2.05) is 6.92 Å². The van der Waals surface area contributed by atoms with Crippen molar-refractivity contribution in [1.29, 1.82) is 0 Å². The Morgan fingerprint density at radius 1 is 1.32 bits per heavy atom. The van der Waals surface area contributed by atoms with Crippen molar-refractivity contribution in [3.63, 3.8) is 0 Å². The third-order valence-corrected chi connectivity index (χ3v) is 3.09. The van der Waals surface area contributed by atoms with Crippen molar-refractivity contribution in [2.24, 2.45) is 0 Å². The van der Waals surface area contributed by atoms with Crippen LogP contribution < -0.4 is 5.32 Å². The lowest BCUT2D eigenvalue weighted by molar-refractivity contribution is 0.554. The first-order valence-corrected chi connectivity index (χ1v) is 6.31. The molecule has 0 saturated heterocycles. The zero-order valence-electron chi connectivity index (χ0n) is 10.7. The summed E-state index contributed by atoms with van der Waals surface area (Å²) in [7, 11) is 0. The molecular weight excluding hydrogens is 272 g/mol. The summed E-state index contributed by atoms with van der Waals surface area (Å²) in [5, 5.41) is 7.37. The van der Waals surface area contributed by atoms with Crippen LogP contribution in [0.15, 0.2) is 18.3 Å². The van der Waals surface area contributed by atoms with Gasteiger partial charge in [0, 0.05) is 12.7 Å². The lowest BCUT2D eigenvalue weighted by Crippen LogP contribution is -2.13. The molecular formula is C13H14ClF2N3. The van der Waals surface area contributed by atoms with Gasteiger partial charge in [0.15, 0.2) is 11.6 Å². The van der Waals surface area contributed by atoms with E-state index in [0.29, 0.717) is 22.8 Å². The number of aryl methyl sites for hydroxylation is 1. The quantitative estimate of drug-likeness (QED) is 0.935. The van der Waals surface area contributed by atoms with Crippen LogP contribution in [0.3, 0.4) is 0 Å². The maximum Gasteiger partial charge on any atom is 0.152 e. The number of halogens is 3. The monoisotopic (exact) mass is 285 g/mol. The zero-order chi connectivity index (χ0) is 14.0. The van der Waals surface area contributed by atoms with Gasteiger partial charge in [0.1, 0.15) is 5.69 Å². The van der Waals surface area contributed by atoms with Crippen molar-refractivity contribution < 1.29 is 8.78 Å². The van der Waals surface area contributed by atoms with Gasteiger partial charge < -0.3 is 5.32 Å². The van der Waals surface area contributed by atoms with E-state index in [-0.39, 0.29) is 5.69 Å². The molecule has 0 unspecified atom stereocenters. The Bertz CT molecular complexity index is 553. The van der Waals surface area contributed by atoms with Gasteiger partial charge in [-0.2, -0.15) is 5.10 Å². The van der Waals surface area contributed by atoms with E-state index in [1.165, 1.54) is 18.3 Å². The van der Waals surface area contributed by atoms with E-state index in [1.54, 1.807) is 6.92 Å². The van der Waals surface area contributed by atoms with Crippen molar-refractivity contribution in [2.75, 3.05) is 6.54 Å². The molecule has 19 heavy (non-hydrogen) atoms. The fraction of sp³-hybridized carbons (Fsp3) is 0.308. The topological polar surface area (TPSA) is 29.9 Å². The Kier molecular flexibility index (Phi) is 4.17. The standard InChI is InChI=1S/C13H14ClF2N3/c1-3-17-6-9-4-11(15)13(12(16)5-9)19-7-10(14)8(2)18-19/h4-5,7,17H,3,6H2,1-2H3. The van der Waals surface area contributed by atoms with Gasteiger partial charge in [0.05, 0.1) is 10.7 Å². The molecule has 102 valence electrons. The highest BCUT2D eigenvalue weighted by atomic mass is 35.5. The number of aromatic nitrogens is 2. The summed E-state index contributed by atoms with van der Waals surface area (Å²) in [6, 6.07) is 2.60. The molecule has 1 heterocycles. The largest absolute Gasteiger partial charge is 0.313 e. The molecule has 0 radical (unpaired) electrons. The van der Waals surface area contributed by atoms with Crippen LogP contribution in [0.25, 0.3) is 5.69 Å². The summed E-state index contributed by atoms with van der Waals surface area (Å²) < 4.78 is 29.1. The third-order valence-electron chi connectivity index (χ3n) is 2.72. The van der Waals surface area contributed by atoms with Crippen LogP contribution in [0.4, 0.5) is 8.78 Å². The maximum absolute atomic E-state index is 14.0. The van der Waals surface area contributed by atoms with E-state index < -0.39 is 11.6 Å². The van der Waals surface area contributed by atoms with Crippen molar-refractivity contribution in [1.82, 2.24) is 15.1 Å². The molecule has 3 nitrogen and oxygen atoms in total. The van der Waals surface area contributed by atoms with E-state index in [2.05, 4.69) is 10.4 Å². The molecule has 0 spiro atoms. The second-order valence-electron chi connectivity index (χ2n) is 4.20. The van der Waals surface area contributed by atoms with Crippen molar-refractivity contribution in [3.05, 3.63) is 46.2 Å². The predicted molar refractivity (Wildman–Crippen MR) is 70.6 cm³/mol.